The predicted octanol–water partition coefficient (Wildman–Crippen LogP) is 1.59. The first-order valence-electron chi connectivity index (χ1n) is 5.99. The van der Waals surface area contributed by atoms with Crippen molar-refractivity contribution in [2.24, 2.45) is 5.92 Å². The number of aromatic nitrogens is 1. The molecule has 0 aliphatic heterocycles. The van der Waals surface area contributed by atoms with Gasteiger partial charge in [-0.15, -0.1) is 0 Å². The van der Waals surface area contributed by atoms with Crippen LogP contribution in [0.3, 0.4) is 0 Å². The molecule has 0 bridgehead atoms. The minimum absolute atomic E-state index is 0.502. The van der Waals surface area contributed by atoms with E-state index in [0.29, 0.717) is 5.92 Å². The predicted molar refractivity (Wildman–Crippen MR) is 75.7 cm³/mol. The van der Waals surface area contributed by atoms with Crippen LogP contribution in [-0.2, 0) is 11.3 Å². The molecule has 0 radical (unpaired) electrons. The monoisotopic (exact) mass is 273 g/mol. The van der Waals surface area contributed by atoms with E-state index in [-0.39, 0.29) is 0 Å². The molecule has 0 aliphatic carbocycles. The SMILES string of the molecule is COCC(C)CNCc1sc(N(C)C)nc1OC. The van der Waals surface area contributed by atoms with Crippen molar-refractivity contribution in [3.05, 3.63) is 4.88 Å². The summed E-state index contributed by atoms with van der Waals surface area (Å²) >= 11 is 1.65. The van der Waals surface area contributed by atoms with Crippen molar-refractivity contribution >= 4 is 16.5 Å². The van der Waals surface area contributed by atoms with E-state index in [0.717, 1.165) is 35.6 Å². The first-order valence-corrected chi connectivity index (χ1v) is 6.80. The number of nitrogens with zero attached hydrogens (tertiary/aromatic N) is 2. The Morgan fingerprint density at radius 1 is 1.39 bits per heavy atom. The molecule has 1 aromatic heterocycles. The molecule has 18 heavy (non-hydrogen) atoms. The molecule has 6 heteroatoms. The molecule has 0 fully saturated rings. The molecular formula is C12H23N3O2S. The molecule has 0 saturated carbocycles. The van der Waals surface area contributed by atoms with Gasteiger partial charge in [0.1, 0.15) is 0 Å². The van der Waals surface area contributed by atoms with Crippen molar-refractivity contribution in [2.75, 3.05) is 46.4 Å². The first-order chi connectivity index (χ1) is 8.58. The highest BCUT2D eigenvalue weighted by Gasteiger charge is 2.13. The van der Waals surface area contributed by atoms with Crippen LogP contribution in [0.25, 0.3) is 0 Å². The molecule has 0 aliphatic rings. The molecule has 1 atom stereocenters. The lowest BCUT2D eigenvalue weighted by molar-refractivity contribution is 0.158. The average molecular weight is 273 g/mol. The molecule has 1 aromatic rings. The zero-order valence-electron chi connectivity index (χ0n) is 11.8. The fraction of sp³-hybridized carbons (Fsp3) is 0.750. The van der Waals surface area contributed by atoms with E-state index in [2.05, 4.69) is 17.2 Å². The summed E-state index contributed by atoms with van der Waals surface area (Å²) in [6, 6.07) is 0. The van der Waals surface area contributed by atoms with Crippen molar-refractivity contribution in [1.29, 1.82) is 0 Å². The maximum atomic E-state index is 5.29. The highest BCUT2D eigenvalue weighted by molar-refractivity contribution is 7.15. The first kappa shape index (κ1) is 15.2. The Morgan fingerprint density at radius 3 is 2.67 bits per heavy atom. The van der Waals surface area contributed by atoms with Crippen LogP contribution in [0.15, 0.2) is 0 Å². The summed E-state index contributed by atoms with van der Waals surface area (Å²) in [6.07, 6.45) is 0. The number of thiazole rings is 1. The molecule has 0 spiro atoms. The molecule has 1 rings (SSSR count). The summed E-state index contributed by atoms with van der Waals surface area (Å²) < 4.78 is 10.4. The van der Waals surface area contributed by atoms with E-state index >= 15 is 0 Å². The molecule has 0 saturated heterocycles. The molecule has 1 unspecified atom stereocenters. The van der Waals surface area contributed by atoms with Gasteiger partial charge >= 0.3 is 0 Å². The quantitative estimate of drug-likeness (QED) is 0.779. The summed E-state index contributed by atoms with van der Waals surface area (Å²) in [6.45, 7) is 4.64. The van der Waals surface area contributed by atoms with Gasteiger partial charge in [-0.05, 0) is 5.92 Å². The van der Waals surface area contributed by atoms with Gasteiger partial charge in [0.05, 0.1) is 12.0 Å². The molecular weight excluding hydrogens is 250 g/mol. The fourth-order valence-electron chi connectivity index (χ4n) is 1.56. The number of methoxy groups -OCH3 is 2. The molecule has 104 valence electrons. The van der Waals surface area contributed by atoms with E-state index in [1.807, 2.05) is 19.0 Å². The van der Waals surface area contributed by atoms with Crippen LogP contribution in [0.1, 0.15) is 11.8 Å². The van der Waals surface area contributed by atoms with Crippen molar-refractivity contribution in [3.8, 4) is 5.88 Å². The second-order valence-corrected chi connectivity index (χ2v) is 5.58. The molecule has 1 N–H and O–H groups in total. The Balaban J connectivity index is 2.50. The lowest BCUT2D eigenvalue weighted by Gasteiger charge is -2.10. The summed E-state index contributed by atoms with van der Waals surface area (Å²) in [5.74, 6) is 1.22. The molecule has 0 amide bonds. The van der Waals surface area contributed by atoms with Gasteiger partial charge < -0.3 is 19.7 Å². The number of hydrogen-bond acceptors (Lipinski definition) is 6. The van der Waals surface area contributed by atoms with Crippen LogP contribution >= 0.6 is 11.3 Å². The highest BCUT2D eigenvalue weighted by atomic mass is 32.1. The van der Waals surface area contributed by atoms with Gasteiger partial charge in [-0.2, -0.15) is 4.98 Å². The van der Waals surface area contributed by atoms with Gasteiger partial charge in [0.2, 0.25) is 5.88 Å². The zero-order valence-corrected chi connectivity index (χ0v) is 12.6. The topological polar surface area (TPSA) is 46.6 Å². The summed E-state index contributed by atoms with van der Waals surface area (Å²) in [5.41, 5.74) is 0. The van der Waals surface area contributed by atoms with Crippen molar-refractivity contribution in [1.82, 2.24) is 10.3 Å². The Hall–Kier alpha value is -0.850. The van der Waals surface area contributed by atoms with E-state index in [9.17, 15) is 0 Å². The van der Waals surface area contributed by atoms with Gasteiger partial charge in [0, 0.05) is 40.9 Å². The normalized spacial score (nSPS) is 12.5. The Bertz CT molecular complexity index is 355. The van der Waals surface area contributed by atoms with Gasteiger partial charge in [-0.1, -0.05) is 18.3 Å². The van der Waals surface area contributed by atoms with Gasteiger partial charge in [-0.25, -0.2) is 0 Å². The van der Waals surface area contributed by atoms with Gasteiger partial charge in [0.15, 0.2) is 5.13 Å². The van der Waals surface area contributed by atoms with Crippen molar-refractivity contribution in [3.63, 3.8) is 0 Å². The number of nitrogens with one attached hydrogen (secondary N) is 1. The number of rotatable bonds is 8. The third kappa shape index (κ3) is 4.44. The highest BCUT2D eigenvalue weighted by Crippen LogP contribution is 2.30. The summed E-state index contributed by atoms with van der Waals surface area (Å²) in [4.78, 5) is 7.54. The maximum Gasteiger partial charge on any atom is 0.230 e. The smallest absolute Gasteiger partial charge is 0.230 e. The summed E-state index contributed by atoms with van der Waals surface area (Å²) in [7, 11) is 7.35. The number of ether oxygens (including phenoxy) is 2. The van der Waals surface area contributed by atoms with Crippen LogP contribution < -0.4 is 15.0 Å². The van der Waals surface area contributed by atoms with Crippen molar-refractivity contribution in [2.45, 2.75) is 13.5 Å². The standard InChI is InChI=1S/C12H23N3O2S/c1-9(8-16-4)6-13-7-10-11(17-5)14-12(18-10)15(2)3/h9,13H,6-8H2,1-5H3. The van der Waals surface area contributed by atoms with E-state index in [4.69, 9.17) is 9.47 Å². The van der Waals surface area contributed by atoms with Crippen molar-refractivity contribution < 1.29 is 9.47 Å². The minimum atomic E-state index is 0.502. The maximum absolute atomic E-state index is 5.29. The third-order valence-electron chi connectivity index (χ3n) is 2.46. The van der Waals surface area contributed by atoms with Crippen LogP contribution in [0.4, 0.5) is 5.13 Å². The lowest BCUT2D eigenvalue weighted by Crippen LogP contribution is -2.23. The second-order valence-electron chi connectivity index (χ2n) is 4.51. The van der Waals surface area contributed by atoms with Gasteiger partial charge in [0.25, 0.3) is 0 Å². The van der Waals surface area contributed by atoms with E-state index in [1.54, 1.807) is 25.6 Å². The molecule has 1 heterocycles. The molecule has 0 aromatic carbocycles. The zero-order chi connectivity index (χ0) is 13.5. The summed E-state index contributed by atoms with van der Waals surface area (Å²) in [5, 5.41) is 4.37. The molecule has 5 nitrogen and oxygen atoms in total. The van der Waals surface area contributed by atoms with Crippen LogP contribution in [0.2, 0.25) is 0 Å². The number of hydrogen-bond donors (Lipinski definition) is 1. The fourth-order valence-corrected chi connectivity index (χ4v) is 2.49. The van der Waals surface area contributed by atoms with E-state index < -0.39 is 0 Å². The Kier molecular flexibility index (Phi) is 6.38. The average Bonchev–Trinajstić information content (AvgIpc) is 2.73. The minimum Gasteiger partial charge on any atom is -0.480 e. The Morgan fingerprint density at radius 2 is 2.11 bits per heavy atom. The van der Waals surface area contributed by atoms with Crippen LogP contribution in [0, 0.1) is 5.92 Å². The van der Waals surface area contributed by atoms with Crippen LogP contribution in [0.5, 0.6) is 5.88 Å². The lowest BCUT2D eigenvalue weighted by atomic mass is 10.2. The van der Waals surface area contributed by atoms with Gasteiger partial charge in [-0.3, -0.25) is 0 Å². The number of anilines is 1. The Labute approximate surface area is 113 Å². The largest absolute Gasteiger partial charge is 0.480 e. The van der Waals surface area contributed by atoms with Crippen LogP contribution in [-0.4, -0.2) is 46.5 Å². The second kappa shape index (κ2) is 7.56. The third-order valence-corrected chi connectivity index (χ3v) is 3.66. The van der Waals surface area contributed by atoms with E-state index in [1.165, 1.54) is 0 Å².